The smallest absolute Gasteiger partial charge is 0.331 e. The van der Waals surface area contributed by atoms with Crippen molar-refractivity contribution in [2.24, 2.45) is 0 Å². The second kappa shape index (κ2) is 7.83. The number of nitrogens with zero attached hydrogens (tertiary/aromatic N) is 4. The zero-order valence-corrected chi connectivity index (χ0v) is 18.6. The molecule has 32 heavy (non-hydrogen) atoms. The Morgan fingerprint density at radius 1 is 1.12 bits per heavy atom. The zero-order chi connectivity index (χ0) is 23.3. The zero-order valence-electron chi connectivity index (χ0n) is 16.9. The van der Waals surface area contributed by atoms with Crippen LogP contribution in [0, 0.1) is 0 Å². The number of carboxylic acids is 1. The van der Waals surface area contributed by atoms with Gasteiger partial charge in [-0.15, -0.1) is 0 Å². The van der Waals surface area contributed by atoms with E-state index in [0.717, 1.165) is 15.1 Å². The summed E-state index contributed by atoms with van der Waals surface area (Å²) in [5.41, 5.74) is 0.00467. The van der Waals surface area contributed by atoms with Crippen molar-refractivity contribution in [3.8, 4) is 0 Å². The van der Waals surface area contributed by atoms with Gasteiger partial charge in [0.25, 0.3) is 0 Å². The lowest BCUT2D eigenvalue weighted by Gasteiger charge is -2.18. The van der Waals surface area contributed by atoms with E-state index in [1.54, 1.807) is 12.1 Å². The summed E-state index contributed by atoms with van der Waals surface area (Å²) in [5, 5.41) is 9.17. The Bertz CT molecular complexity index is 1490. The fraction of sp³-hybridized carbons (Fsp3) is 0.316. The highest BCUT2D eigenvalue weighted by atomic mass is 32.2. The number of sulfonamides is 1. The molecule has 170 valence electrons. The van der Waals surface area contributed by atoms with Crippen molar-refractivity contribution in [1.82, 2.24) is 18.4 Å². The molecule has 2 aromatic heterocycles. The van der Waals surface area contributed by atoms with E-state index < -0.39 is 44.1 Å². The predicted molar refractivity (Wildman–Crippen MR) is 114 cm³/mol. The van der Waals surface area contributed by atoms with Crippen LogP contribution in [0.25, 0.3) is 11.2 Å². The molecule has 4 rings (SSSR count). The molecule has 13 heteroatoms. The number of carboxylic acid groups (broad SMARTS) is 1. The molecule has 0 saturated carbocycles. The van der Waals surface area contributed by atoms with Crippen molar-refractivity contribution in [3.05, 3.63) is 53.1 Å². The quantitative estimate of drug-likeness (QED) is 0.530. The number of pyridine rings is 1. The third-order valence-corrected chi connectivity index (χ3v) is 8.58. The normalized spacial score (nSPS) is 17.7. The average Bonchev–Trinajstić information content (AvgIpc) is 3.31. The first-order chi connectivity index (χ1) is 15.0. The fourth-order valence-electron chi connectivity index (χ4n) is 3.97. The molecular weight excluding hydrogens is 460 g/mol. The van der Waals surface area contributed by atoms with Crippen molar-refractivity contribution in [2.75, 3.05) is 19.3 Å². The van der Waals surface area contributed by atoms with Crippen LogP contribution in [0.15, 0.2) is 57.2 Å². The number of aliphatic carboxylic acids is 1. The summed E-state index contributed by atoms with van der Waals surface area (Å²) in [6.45, 7) is -0.566. The molecule has 1 N–H and O–H groups in total. The van der Waals surface area contributed by atoms with Gasteiger partial charge in [0.15, 0.2) is 15.5 Å². The van der Waals surface area contributed by atoms with Crippen molar-refractivity contribution in [2.45, 2.75) is 28.8 Å². The number of benzene rings is 1. The van der Waals surface area contributed by atoms with Gasteiger partial charge in [0.2, 0.25) is 10.0 Å². The first kappa shape index (κ1) is 22.2. The van der Waals surface area contributed by atoms with E-state index in [-0.39, 0.29) is 34.9 Å². The maximum atomic E-state index is 13.3. The summed E-state index contributed by atoms with van der Waals surface area (Å²) in [6.07, 6.45) is 2.69. The van der Waals surface area contributed by atoms with Crippen LogP contribution < -0.4 is 5.69 Å². The molecule has 1 aliphatic rings. The van der Waals surface area contributed by atoms with Crippen LogP contribution in [0.4, 0.5) is 0 Å². The van der Waals surface area contributed by atoms with E-state index in [9.17, 15) is 26.4 Å². The van der Waals surface area contributed by atoms with Crippen LogP contribution >= 0.6 is 0 Å². The summed E-state index contributed by atoms with van der Waals surface area (Å²) >= 11 is 0. The van der Waals surface area contributed by atoms with E-state index in [2.05, 4.69) is 4.98 Å². The molecular formula is C19H20N4O7S2. The Hall–Kier alpha value is -3.03. The number of fused-ring (bicyclic) bond motifs is 1. The van der Waals surface area contributed by atoms with E-state index >= 15 is 0 Å². The number of hydrogen-bond acceptors (Lipinski definition) is 7. The molecule has 3 aromatic rings. The minimum Gasteiger partial charge on any atom is -0.480 e. The van der Waals surface area contributed by atoms with Crippen molar-refractivity contribution >= 4 is 37.0 Å². The Morgan fingerprint density at radius 2 is 1.81 bits per heavy atom. The van der Waals surface area contributed by atoms with Gasteiger partial charge in [-0.2, -0.15) is 4.31 Å². The molecule has 0 bridgehead atoms. The average molecular weight is 481 g/mol. The molecule has 0 aliphatic carbocycles. The van der Waals surface area contributed by atoms with Gasteiger partial charge in [-0.1, -0.05) is 12.1 Å². The number of hydrogen-bond donors (Lipinski definition) is 1. The van der Waals surface area contributed by atoms with Gasteiger partial charge in [-0.25, -0.2) is 26.6 Å². The maximum Gasteiger partial charge on any atom is 0.331 e. The minimum absolute atomic E-state index is 0.0655. The van der Waals surface area contributed by atoms with E-state index in [4.69, 9.17) is 5.11 Å². The minimum atomic E-state index is -4.15. The lowest BCUT2D eigenvalue weighted by atomic mass is 10.2. The Kier molecular flexibility index (Phi) is 5.43. The van der Waals surface area contributed by atoms with Crippen LogP contribution in [-0.4, -0.2) is 65.7 Å². The van der Waals surface area contributed by atoms with Crippen LogP contribution in [0.3, 0.4) is 0 Å². The van der Waals surface area contributed by atoms with Crippen LogP contribution in [0.5, 0.6) is 0 Å². The van der Waals surface area contributed by atoms with Crippen molar-refractivity contribution in [3.63, 3.8) is 0 Å². The molecule has 1 aromatic carbocycles. The first-order valence-electron chi connectivity index (χ1n) is 9.58. The van der Waals surface area contributed by atoms with Crippen LogP contribution in [0.1, 0.15) is 12.5 Å². The van der Waals surface area contributed by atoms with Gasteiger partial charge in [0.1, 0.15) is 11.4 Å². The van der Waals surface area contributed by atoms with E-state index in [1.807, 2.05) is 0 Å². The number of imidazole rings is 1. The summed E-state index contributed by atoms with van der Waals surface area (Å²) in [6, 6.07) is 7.95. The summed E-state index contributed by atoms with van der Waals surface area (Å²) < 4.78 is 54.2. The highest BCUT2D eigenvalue weighted by molar-refractivity contribution is 7.93. The molecule has 1 saturated heterocycles. The molecule has 11 nitrogen and oxygen atoms in total. The fourth-order valence-corrected chi connectivity index (χ4v) is 7.07. The van der Waals surface area contributed by atoms with Crippen LogP contribution in [-0.2, 0) is 31.2 Å². The standard InChI is InChI=1S/C19H20N4O7S2/c1-31(27,28)15-6-2-3-7-16(15)32(29,30)21-10-8-13(11-21)23-18-14(5-4-9-20-18)22(19(23)26)12-17(24)25/h2-7,9,13H,8,10-12H2,1H3,(H,24,25)/t13-/m1/s1. The summed E-state index contributed by atoms with van der Waals surface area (Å²) in [4.78, 5) is 27.8. The number of carbonyl (C=O) groups is 1. The topological polar surface area (TPSA) is 149 Å². The molecule has 0 radical (unpaired) electrons. The van der Waals surface area contributed by atoms with Gasteiger partial charge < -0.3 is 5.11 Å². The van der Waals surface area contributed by atoms with Gasteiger partial charge in [-0.3, -0.25) is 13.9 Å². The van der Waals surface area contributed by atoms with Gasteiger partial charge in [0, 0.05) is 25.5 Å². The molecule has 1 atom stereocenters. The molecule has 0 amide bonds. The highest BCUT2D eigenvalue weighted by Crippen LogP contribution is 2.31. The van der Waals surface area contributed by atoms with Gasteiger partial charge in [-0.05, 0) is 30.7 Å². The third kappa shape index (κ3) is 3.72. The number of aromatic nitrogens is 3. The van der Waals surface area contributed by atoms with Gasteiger partial charge >= 0.3 is 11.7 Å². The van der Waals surface area contributed by atoms with Crippen molar-refractivity contribution < 1.29 is 26.7 Å². The van der Waals surface area contributed by atoms with Crippen molar-refractivity contribution in [1.29, 1.82) is 0 Å². The van der Waals surface area contributed by atoms with Crippen LogP contribution in [0.2, 0.25) is 0 Å². The SMILES string of the molecule is CS(=O)(=O)c1ccccc1S(=O)(=O)N1CC[C@@H](n2c(=O)n(CC(=O)O)c3cccnc32)C1. The number of sulfone groups is 1. The maximum absolute atomic E-state index is 13.3. The molecule has 0 spiro atoms. The Morgan fingerprint density at radius 3 is 2.47 bits per heavy atom. The molecule has 3 heterocycles. The van der Waals surface area contributed by atoms with Gasteiger partial charge in [0.05, 0.1) is 16.5 Å². The second-order valence-electron chi connectivity index (χ2n) is 7.50. The summed E-state index contributed by atoms with van der Waals surface area (Å²) in [7, 11) is -7.94. The lowest BCUT2D eigenvalue weighted by molar-refractivity contribution is -0.137. The number of rotatable bonds is 6. The Labute approximate surface area is 183 Å². The predicted octanol–water partition coefficient (Wildman–Crippen LogP) is 0.322. The first-order valence-corrected chi connectivity index (χ1v) is 12.9. The lowest BCUT2D eigenvalue weighted by Crippen LogP contribution is -2.33. The summed E-state index contributed by atoms with van der Waals surface area (Å²) in [5.74, 6) is -1.19. The van der Waals surface area contributed by atoms with E-state index in [0.29, 0.717) is 5.52 Å². The molecule has 1 aliphatic heterocycles. The molecule has 0 unspecified atom stereocenters. The third-order valence-electron chi connectivity index (χ3n) is 5.37. The molecule has 1 fully saturated rings. The monoisotopic (exact) mass is 480 g/mol. The largest absolute Gasteiger partial charge is 0.480 e. The highest BCUT2D eigenvalue weighted by Gasteiger charge is 2.37. The Balaban J connectivity index is 1.74. The van der Waals surface area contributed by atoms with E-state index in [1.165, 1.54) is 35.0 Å². The second-order valence-corrected chi connectivity index (χ2v) is 11.4.